The topological polar surface area (TPSA) is 99.3 Å². The van der Waals surface area contributed by atoms with E-state index in [1.165, 1.54) is 11.1 Å². The molecule has 2 unspecified atom stereocenters. The number of fused-ring (bicyclic) bond motifs is 1. The van der Waals surface area contributed by atoms with Gasteiger partial charge in [0.25, 0.3) is 6.09 Å². The van der Waals surface area contributed by atoms with E-state index >= 15 is 0 Å². The van der Waals surface area contributed by atoms with Crippen LogP contribution in [-0.2, 0) is 30.6 Å². The first-order chi connectivity index (χ1) is 23.8. The van der Waals surface area contributed by atoms with Gasteiger partial charge in [-0.3, -0.25) is 9.38 Å². The van der Waals surface area contributed by atoms with Crippen molar-refractivity contribution >= 4 is 24.1 Å². The number of benzene rings is 2. The molecule has 10 nitrogen and oxygen atoms in total. The first-order valence-corrected chi connectivity index (χ1v) is 18.8. The number of anilines is 1. The summed E-state index contributed by atoms with van der Waals surface area (Å²) in [5.41, 5.74) is 4.32. The minimum atomic E-state index is -1.14. The van der Waals surface area contributed by atoms with Crippen LogP contribution < -0.4 is 10.4 Å². The number of quaternary nitrogens is 1. The number of hydrogen-bond acceptors (Lipinski definition) is 7. The summed E-state index contributed by atoms with van der Waals surface area (Å²) >= 11 is 0. The Labute approximate surface area is 292 Å². The highest BCUT2D eigenvalue weighted by Crippen LogP contribution is 2.45. The summed E-state index contributed by atoms with van der Waals surface area (Å²) in [6.07, 6.45) is 5.55. The van der Waals surface area contributed by atoms with E-state index in [1.54, 1.807) is 0 Å². The standard InChI is InChI=1S/C39H56N6O4/c1-4-31-12-11-30(27-32(31)5-2)29-45(38(48)49)25-16-35(44-20-13-33-9-7-8-10-36(33)40-37(44)47)28-39(45,17-26-46)43-23-21-42(22-24-43)34-14-18-41(6-3)19-15-34/h7-12,26-27,34-35H,4-6,13-25,28-29H2,1-3H3,(H-,40,47,48,49)/t35?,39?,45-/m0/s1. The smallest absolute Gasteiger partial charge is 0.322 e. The number of carbonyl (C=O) groups excluding carboxylic acids is 3. The van der Waals surface area contributed by atoms with E-state index in [1.807, 2.05) is 23.1 Å². The van der Waals surface area contributed by atoms with Gasteiger partial charge in [-0.1, -0.05) is 51.1 Å². The minimum Gasteiger partial charge on any atom is -0.498 e. The number of aldehydes is 1. The molecular formula is C39H56N6O4. The minimum absolute atomic E-state index is 0.0652. The van der Waals surface area contributed by atoms with Crippen LogP contribution in [0, 0.1) is 0 Å². The van der Waals surface area contributed by atoms with E-state index in [4.69, 9.17) is 0 Å². The van der Waals surface area contributed by atoms with Gasteiger partial charge in [0, 0.05) is 68.9 Å². The molecule has 3 amide bonds. The van der Waals surface area contributed by atoms with Crippen LogP contribution in [-0.4, -0.2) is 119 Å². The fourth-order valence-electron chi connectivity index (χ4n) is 9.58. The number of likely N-dealkylation sites (tertiary alicyclic amines) is 2. The summed E-state index contributed by atoms with van der Waals surface area (Å²) in [5.74, 6) is 0. The molecule has 3 atom stereocenters. The van der Waals surface area contributed by atoms with E-state index in [0.29, 0.717) is 44.9 Å². The number of piperidine rings is 2. The highest BCUT2D eigenvalue weighted by molar-refractivity contribution is 5.91. The van der Waals surface area contributed by atoms with Gasteiger partial charge in [0.1, 0.15) is 12.8 Å². The SMILES string of the molecule is CCc1ccc(C[N@+]2(C(=O)[O-])CCC(N3CCc4ccccc4NC3=O)CC2(CC=O)N2CCN(C3CCN(CC)CC3)CC2)cc1CC. The Hall–Kier alpha value is -3.31. The van der Waals surface area contributed by atoms with E-state index in [0.717, 1.165) is 81.5 Å². The fourth-order valence-corrected chi connectivity index (χ4v) is 9.58. The van der Waals surface area contributed by atoms with Gasteiger partial charge >= 0.3 is 6.03 Å². The molecule has 0 saturated carbocycles. The molecule has 6 rings (SSSR count). The van der Waals surface area contributed by atoms with E-state index in [-0.39, 0.29) is 36.1 Å². The third-order valence-electron chi connectivity index (χ3n) is 12.5. The third-order valence-corrected chi connectivity index (χ3v) is 12.5. The lowest BCUT2D eigenvalue weighted by Crippen LogP contribution is -2.81. The normalized spacial score (nSPS) is 27.7. The molecule has 266 valence electrons. The van der Waals surface area contributed by atoms with Gasteiger partial charge in [0.15, 0.2) is 5.66 Å². The number of rotatable bonds is 10. The molecule has 3 fully saturated rings. The first-order valence-electron chi connectivity index (χ1n) is 18.8. The van der Waals surface area contributed by atoms with Crippen LogP contribution >= 0.6 is 0 Å². The Balaban J connectivity index is 1.34. The summed E-state index contributed by atoms with van der Waals surface area (Å²) in [4.78, 5) is 49.8. The summed E-state index contributed by atoms with van der Waals surface area (Å²) in [6, 6.07) is 14.4. The Kier molecular flexibility index (Phi) is 11.1. The van der Waals surface area contributed by atoms with Crippen LogP contribution in [0.25, 0.3) is 0 Å². The highest BCUT2D eigenvalue weighted by atomic mass is 16.4. The largest absolute Gasteiger partial charge is 0.498 e. The van der Waals surface area contributed by atoms with Crippen molar-refractivity contribution in [1.82, 2.24) is 19.6 Å². The zero-order valence-electron chi connectivity index (χ0n) is 29.9. The Morgan fingerprint density at radius 3 is 2.35 bits per heavy atom. The second-order valence-corrected chi connectivity index (χ2v) is 14.6. The number of amides is 3. The van der Waals surface area contributed by atoms with Crippen molar-refractivity contribution in [2.45, 2.75) is 96.4 Å². The van der Waals surface area contributed by atoms with Crippen molar-refractivity contribution in [3.63, 3.8) is 0 Å². The molecular weight excluding hydrogens is 616 g/mol. The lowest BCUT2D eigenvalue weighted by Gasteiger charge is -2.62. The van der Waals surface area contributed by atoms with Crippen molar-refractivity contribution < 1.29 is 24.0 Å². The number of piperazine rings is 1. The quantitative estimate of drug-likeness (QED) is 0.300. The molecule has 0 radical (unpaired) electrons. The maximum absolute atomic E-state index is 13.8. The number of aryl methyl sites for hydroxylation is 2. The van der Waals surface area contributed by atoms with Gasteiger partial charge in [0.2, 0.25) is 0 Å². The Bertz CT molecular complexity index is 1490. The molecule has 2 aromatic carbocycles. The number of nitrogens with one attached hydrogen (secondary N) is 1. The van der Waals surface area contributed by atoms with Gasteiger partial charge in [-0.05, 0) is 80.6 Å². The molecule has 1 N–H and O–H groups in total. The molecule has 10 heteroatoms. The Morgan fingerprint density at radius 1 is 0.939 bits per heavy atom. The van der Waals surface area contributed by atoms with Crippen LogP contribution in [0.2, 0.25) is 0 Å². The summed E-state index contributed by atoms with van der Waals surface area (Å²) in [6.45, 7) is 13.9. The number of carboxylic acid groups (broad SMARTS) is 1. The van der Waals surface area contributed by atoms with E-state index in [9.17, 15) is 19.5 Å². The van der Waals surface area contributed by atoms with E-state index < -0.39 is 11.8 Å². The number of urea groups is 1. The molecule has 4 aliphatic rings. The fraction of sp³-hybridized carbons (Fsp3) is 0.615. The molecule has 2 aromatic rings. The Morgan fingerprint density at radius 2 is 1.67 bits per heavy atom. The van der Waals surface area contributed by atoms with Crippen molar-refractivity contribution in [1.29, 1.82) is 0 Å². The van der Waals surface area contributed by atoms with Crippen LogP contribution in [0.15, 0.2) is 42.5 Å². The molecule has 0 aliphatic carbocycles. The molecule has 0 bridgehead atoms. The number of carbonyl (C=O) groups is 3. The molecule has 4 aliphatic heterocycles. The lowest BCUT2D eigenvalue weighted by molar-refractivity contribution is -0.956. The maximum atomic E-state index is 13.8. The summed E-state index contributed by atoms with van der Waals surface area (Å²) < 4.78 is -0.332. The molecule has 3 saturated heterocycles. The molecule has 0 spiro atoms. The molecule has 49 heavy (non-hydrogen) atoms. The van der Waals surface area contributed by atoms with Crippen LogP contribution in [0.4, 0.5) is 15.3 Å². The van der Waals surface area contributed by atoms with Gasteiger partial charge in [-0.15, -0.1) is 0 Å². The van der Waals surface area contributed by atoms with Gasteiger partial charge in [-0.25, -0.2) is 9.69 Å². The van der Waals surface area contributed by atoms with Gasteiger partial charge < -0.3 is 29.8 Å². The average molecular weight is 673 g/mol. The number of nitrogens with zero attached hydrogens (tertiary/aromatic N) is 5. The van der Waals surface area contributed by atoms with Crippen LogP contribution in [0.1, 0.15) is 75.1 Å². The van der Waals surface area contributed by atoms with Crippen molar-refractivity contribution in [2.75, 3.05) is 64.2 Å². The lowest BCUT2D eigenvalue weighted by atomic mass is 9.82. The van der Waals surface area contributed by atoms with Crippen molar-refractivity contribution in [3.05, 3.63) is 64.7 Å². The van der Waals surface area contributed by atoms with Gasteiger partial charge in [0.05, 0.1) is 13.0 Å². The third kappa shape index (κ3) is 6.89. The van der Waals surface area contributed by atoms with Crippen LogP contribution in [0.5, 0.6) is 0 Å². The monoisotopic (exact) mass is 672 g/mol. The van der Waals surface area contributed by atoms with Crippen LogP contribution in [0.3, 0.4) is 0 Å². The van der Waals surface area contributed by atoms with Crippen molar-refractivity contribution in [2.24, 2.45) is 0 Å². The second-order valence-electron chi connectivity index (χ2n) is 14.6. The molecule has 4 heterocycles. The zero-order chi connectivity index (χ0) is 34.6. The average Bonchev–Trinajstić information content (AvgIpc) is 3.30. The number of para-hydroxylation sites is 1. The summed E-state index contributed by atoms with van der Waals surface area (Å²) in [5, 5.41) is 16.9. The van der Waals surface area contributed by atoms with Crippen molar-refractivity contribution in [3.8, 4) is 0 Å². The first kappa shape index (κ1) is 35.5. The summed E-state index contributed by atoms with van der Waals surface area (Å²) in [7, 11) is 0. The second kappa shape index (κ2) is 15.3. The predicted molar refractivity (Wildman–Crippen MR) is 190 cm³/mol. The number of hydrogen-bond donors (Lipinski definition) is 1. The van der Waals surface area contributed by atoms with Gasteiger partial charge in [-0.2, -0.15) is 0 Å². The maximum Gasteiger partial charge on any atom is 0.322 e. The predicted octanol–water partition coefficient (Wildman–Crippen LogP) is 4.11. The molecule has 0 aromatic heterocycles. The zero-order valence-corrected chi connectivity index (χ0v) is 29.9. The highest BCUT2D eigenvalue weighted by Gasteiger charge is 2.61. The van der Waals surface area contributed by atoms with E-state index in [2.05, 4.69) is 65.1 Å².